The van der Waals surface area contributed by atoms with Crippen LogP contribution in [-0.2, 0) is 6.42 Å². The summed E-state index contributed by atoms with van der Waals surface area (Å²) in [4.78, 5) is 10.7. The lowest BCUT2D eigenvalue weighted by molar-refractivity contribution is -0.384. The van der Waals surface area contributed by atoms with Crippen molar-refractivity contribution in [2.24, 2.45) is 5.92 Å². The molecule has 0 heterocycles. The summed E-state index contributed by atoms with van der Waals surface area (Å²) in [5.74, 6) is 0.498. The number of hydrogen-bond donors (Lipinski definition) is 0. The molecule has 3 nitrogen and oxygen atoms in total. The molecule has 0 aliphatic carbocycles. The molecule has 1 aromatic carbocycles. The number of halogens is 2. The quantitative estimate of drug-likeness (QED) is 0.431. The molecule has 0 N–H and O–H groups in total. The minimum atomic E-state index is -0.378. The van der Waals surface area contributed by atoms with Crippen LogP contribution in [0.2, 0.25) is 0 Å². The van der Waals surface area contributed by atoms with Crippen molar-refractivity contribution in [1.29, 1.82) is 0 Å². The lowest BCUT2D eigenvalue weighted by Crippen LogP contribution is -2.12. The highest BCUT2D eigenvalue weighted by Gasteiger charge is 2.15. The molecule has 0 fully saturated rings. The van der Waals surface area contributed by atoms with E-state index in [0.717, 1.165) is 22.9 Å². The molecule has 0 saturated carbocycles. The molecule has 17 heavy (non-hydrogen) atoms. The third-order valence-corrected chi connectivity index (χ3v) is 5.08. The van der Waals surface area contributed by atoms with Gasteiger partial charge in [0.25, 0.3) is 5.69 Å². The largest absolute Gasteiger partial charge is 0.270 e. The topological polar surface area (TPSA) is 43.1 Å². The maximum atomic E-state index is 10.6. The van der Waals surface area contributed by atoms with E-state index in [1.165, 1.54) is 0 Å². The van der Waals surface area contributed by atoms with Gasteiger partial charge in [0, 0.05) is 21.4 Å². The minimum Gasteiger partial charge on any atom is -0.258 e. The number of non-ortho nitro benzene ring substituents is 1. The summed E-state index contributed by atoms with van der Waals surface area (Å²) in [5.41, 5.74) is 1.24. The Morgan fingerprint density at radius 1 is 1.47 bits per heavy atom. The van der Waals surface area contributed by atoms with Crippen LogP contribution >= 0.6 is 31.9 Å². The van der Waals surface area contributed by atoms with Crippen LogP contribution in [0, 0.1) is 16.0 Å². The Hall–Kier alpha value is -0.420. The first-order valence-corrected chi connectivity index (χ1v) is 7.23. The van der Waals surface area contributed by atoms with Crippen molar-refractivity contribution >= 4 is 37.5 Å². The highest BCUT2D eigenvalue weighted by molar-refractivity contribution is 9.10. The predicted octanol–water partition coefficient (Wildman–Crippen LogP) is 4.71. The van der Waals surface area contributed by atoms with Crippen molar-refractivity contribution < 1.29 is 4.92 Å². The van der Waals surface area contributed by atoms with Crippen LogP contribution in [0.4, 0.5) is 5.69 Å². The standard InChI is InChI=1S/C12H15Br2NO2/c1-3-11(13)8(2)6-9-4-5-10(15(16)17)7-12(9)14/h4-5,7-8,11H,3,6H2,1-2H3. The van der Waals surface area contributed by atoms with Crippen LogP contribution in [0.3, 0.4) is 0 Å². The molecule has 0 bridgehead atoms. The van der Waals surface area contributed by atoms with Crippen molar-refractivity contribution in [2.75, 3.05) is 0 Å². The van der Waals surface area contributed by atoms with E-state index in [0.29, 0.717) is 10.7 Å². The van der Waals surface area contributed by atoms with Crippen molar-refractivity contribution in [3.05, 3.63) is 38.3 Å². The number of benzene rings is 1. The molecular weight excluding hydrogens is 350 g/mol. The van der Waals surface area contributed by atoms with Crippen molar-refractivity contribution in [2.45, 2.75) is 31.5 Å². The van der Waals surface area contributed by atoms with Gasteiger partial charge < -0.3 is 0 Å². The lowest BCUT2D eigenvalue weighted by atomic mass is 9.97. The first-order valence-electron chi connectivity index (χ1n) is 5.52. The molecule has 0 aliphatic heterocycles. The Morgan fingerprint density at radius 3 is 2.59 bits per heavy atom. The molecule has 0 saturated heterocycles. The van der Waals surface area contributed by atoms with Gasteiger partial charge in [-0.25, -0.2) is 0 Å². The van der Waals surface area contributed by atoms with E-state index in [4.69, 9.17) is 0 Å². The van der Waals surface area contributed by atoms with E-state index in [-0.39, 0.29) is 10.6 Å². The number of nitrogens with zero attached hydrogens (tertiary/aromatic N) is 1. The maximum Gasteiger partial charge on any atom is 0.270 e. The summed E-state index contributed by atoms with van der Waals surface area (Å²) in [7, 11) is 0. The van der Waals surface area contributed by atoms with Gasteiger partial charge in [-0.2, -0.15) is 0 Å². The molecule has 0 aromatic heterocycles. The van der Waals surface area contributed by atoms with E-state index in [9.17, 15) is 10.1 Å². The zero-order valence-electron chi connectivity index (χ0n) is 9.82. The SMILES string of the molecule is CCC(Br)C(C)Cc1ccc([N+](=O)[O-])cc1Br. The highest BCUT2D eigenvalue weighted by atomic mass is 79.9. The fourth-order valence-electron chi connectivity index (χ4n) is 1.69. The number of alkyl halides is 1. The second kappa shape index (κ2) is 6.50. The summed E-state index contributed by atoms with van der Waals surface area (Å²) < 4.78 is 0.814. The van der Waals surface area contributed by atoms with Crippen LogP contribution in [-0.4, -0.2) is 9.75 Å². The molecule has 0 amide bonds. The van der Waals surface area contributed by atoms with Gasteiger partial charge in [-0.3, -0.25) is 10.1 Å². The molecule has 0 radical (unpaired) electrons. The summed E-state index contributed by atoms with van der Waals surface area (Å²) in [6, 6.07) is 4.95. The third kappa shape index (κ3) is 4.07. The van der Waals surface area contributed by atoms with Crippen LogP contribution in [0.25, 0.3) is 0 Å². The van der Waals surface area contributed by atoms with Crippen molar-refractivity contribution in [3.8, 4) is 0 Å². The Bertz CT molecular complexity index is 409. The zero-order valence-corrected chi connectivity index (χ0v) is 13.0. The number of nitro benzene ring substituents is 1. The van der Waals surface area contributed by atoms with E-state index in [1.807, 2.05) is 6.07 Å². The number of nitro groups is 1. The van der Waals surface area contributed by atoms with E-state index in [2.05, 4.69) is 45.7 Å². The average molecular weight is 365 g/mol. The van der Waals surface area contributed by atoms with Crippen molar-refractivity contribution in [1.82, 2.24) is 0 Å². The van der Waals surface area contributed by atoms with E-state index >= 15 is 0 Å². The van der Waals surface area contributed by atoms with Crippen LogP contribution in [0.5, 0.6) is 0 Å². The van der Waals surface area contributed by atoms with Gasteiger partial charge >= 0.3 is 0 Å². The Kier molecular flexibility index (Phi) is 5.59. The highest BCUT2D eigenvalue weighted by Crippen LogP contribution is 2.27. The number of rotatable bonds is 5. The summed E-state index contributed by atoms with van der Waals surface area (Å²) >= 11 is 7.03. The van der Waals surface area contributed by atoms with Gasteiger partial charge in [-0.15, -0.1) is 0 Å². The Labute approximate surface area is 118 Å². The molecule has 1 aromatic rings. The van der Waals surface area contributed by atoms with Gasteiger partial charge in [0.15, 0.2) is 0 Å². The van der Waals surface area contributed by atoms with Crippen LogP contribution < -0.4 is 0 Å². The van der Waals surface area contributed by atoms with Gasteiger partial charge in [-0.1, -0.05) is 51.8 Å². The molecule has 94 valence electrons. The fourth-order valence-corrected chi connectivity index (χ4v) is 2.41. The zero-order chi connectivity index (χ0) is 13.0. The summed E-state index contributed by atoms with van der Waals surface area (Å²) in [6.07, 6.45) is 1.98. The van der Waals surface area contributed by atoms with Gasteiger partial charge in [0.1, 0.15) is 0 Å². The predicted molar refractivity (Wildman–Crippen MR) is 76.7 cm³/mol. The van der Waals surface area contributed by atoms with Gasteiger partial charge in [0.2, 0.25) is 0 Å². The molecule has 0 aliphatic rings. The lowest BCUT2D eigenvalue weighted by Gasteiger charge is -2.17. The van der Waals surface area contributed by atoms with Gasteiger partial charge in [0.05, 0.1) is 4.92 Å². The molecule has 2 unspecified atom stereocenters. The average Bonchev–Trinajstić information content (AvgIpc) is 2.30. The Balaban J connectivity index is 2.82. The molecular formula is C12H15Br2NO2. The Morgan fingerprint density at radius 2 is 2.12 bits per heavy atom. The third-order valence-electron chi connectivity index (χ3n) is 2.80. The monoisotopic (exact) mass is 363 g/mol. The first kappa shape index (κ1) is 14.6. The van der Waals surface area contributed by atoms with Crippen LogP contribution in [0.15, 0.2) is 22.7 Å². The van der Waals surface area contributed by atoms with E-state index in [1.54, 1.807) is 12.1 Å². The smallest absolute Gasteiger partial charge is 0.258 e. The molecule has 0 spiro atoms. The summed E-state index contributed by atoms with van der Waals surface area (Å²) in [6.45, 7) is 4.32. The maximum absolute atomic E-state index is 10.6. The fraction of sp³-hybridized carbons (Fsp3) is 0.500. The van der Waals surface area contributed by atoms with Gasteiger partial charge in [-0.05, 0) is 24.3 Å². The number of hydrogen-bond acceptors (Lipinski definition) is 2. The molecule has 5 heteroatoms. The normalized spacial score (nSPS) is 14.4. The minimum absolute atomic E-state index is 0.124. The molecule has 2 atom stereocenters. The van der Waals surface area contributed by atoms with Crippen LogP contribution in [0.1, 0.15) is 25.8 Å². The first-order chi connectivity index (χ1) is 7.95. The summed E-state index contributed by atoms with van der Waals surface area (Å²) in [5, 5.41) is 10.6. The van der Waals surface area contributed by atoms with Crippen molar-refractivity contribution in [3.63, 3.8) is 0 Å². The van der Waals surface area contributed by atoms with E-state index < -0.39 is 0 Å². The second-order valence-corrected chi connectivity index (χ2v) is 6.17. The molecule has 1 rings (SSSR count). The second-order valence-electron chi connectivity index (χ2n) is 4.14.